The lowest BCUT2D eigenvalue weighted by molar-refractivity contribution is -0.148. The molecule has 0 atom stereocenters. The third-order valence-electron chi connectivity index (χ3n) is 3.62. The maximum absolute atomic E-state index is 12.1. The molecule has 0 unspecified atom stereocenters. The highest BCUT2D eigenvalue weighted by atomic mass is 16.5. The van der Waals surface area contributed by atoms with E-state index in [2.05, 4.69) is 4.98 Å². The number of nitrogens with one attached hydrogen (secondary N) is 1. The Morgan fingerprint density at radius 3 is 2.41 bits per heavy atom. The Balaban J connectivity index is 2.38. The molecule has 0 amide bonds. The first-order valence-corrected chi connectivity index (χ1v) is 7.37. The molecule has 0 aliphatic rings. The molecule has 2 rings (SSSR count). The minimum absolute atomic E-state index is 0.268. The number of ether oxygens (including phenoxy) is 2. The van der Waals surface area contributed by atoms with Gasteiger partial charge in [0, 0.05) is 10.9 Å². The number of hydrogen-bond donors (Lipinski definition) is 1. The van der Waals surface area contributed by atoms with E-state index in [4.69, 9.17) is 9.47 Å². The number of carbonyl (C=O) groups is 2. The molecule has 118 valence electrons. The van der Waals surface area contributed by atoms with Crippen molar-refractivity contribution in [2.45, 2.75) is 33.1 Å². The molecule has 0 aliphatic carbocycles. The molecule has 22 heavy (non-hydrogen) atoms. The minimum atomic E-state index is -0.744. The summed E-state index contributed by atoms with van der Waals surface area (Å²) in [5.41, 5.74) is 1.33. The predicted molar refractivity (Wildman–Crippen MR) is 83.9 cm³/mol. The van der Waals surface area contributed by atoms with E-state index >= 15 is 0 Å². The lowest BCUT2D eigenvalue weighted by Gasteiger charge is -2.22. The SMILES string of the molecule is CCOC(=O)c1cc2cc(C(C)(C)C(=O)OCC)ccc2[nH]1. The largest absolute Gasteiger partial charge is 0.465 e. The van der Waals surface area contributed by atoms with Gasteiger partial charge in [-0.25, -0.2) is 4.79 Å². The normalized spacial score (nSPS) is 11.5. The zero-order chi connectivity index (χ0) is 16.3. The van der Waals surface area contributed by atoms with Crippen molar-refractivity contribution in [3.05, 3.63) is 35.5 Å². The number of esters is 2. The first-order chi connectivity index (χ1) is 10.4. The Bertz CT molecular complexity index is 700. The monoisotopic (exact) mass is 303 g/mol. The topological polar surface area (TPSA) is 68.4 Å². The molecule has 5 heteroatoms. The summed E-state index contributed by atoms with van der Waals surface area (Å²) >= 11 is 0. The van der Waals surface area contributed by atoms with Crippen LogP contribution in [0.15, 0.2) is 24.3 Å². The third-order valence-corrected chi connectivity index (χ3v) is 3.62. The van der Waals surface area contributed by atoms with E-state index in [1.807, 2.05) is 32.0 Å². The molecule has 1 N–H and O–H groups in total. The smallest absolute Gasteiger partial charge is 0.354 e. The van der Waals surface area contributed by atoms with E-state index < -0.39 is 5.41 Å². The molecule has 0 saturated heterocycles. The number of benzene rings is 1. The number of carbonyl (C=O) groups excluding carboxylic acids is 2. The van der Waals surface area contributed by atoms with Gasteiger partial charge in [-0.3, -0.25) is 4.79 Å². The van der Waals surface area contributed by atoms with Gasteiger partial charge in [0.2, 0.25) is 0 Å². The second kappa shape index (κ2) is 6.22. The fourth-order valence-electron chi connectivity index (χ4n) is 2.27. The van der Waals surface area contributed by atoms with E-state index in [1.54, 1.807) is 19.9 Å². The first-order valence-electron chi connectivity index (χ1n) is 7.37. The highest BCUT2D eigenvalue weighted by molar-refractivity contribution is 5.95. The summed E-state index contributed by atoms with van der Waals surface area (Å²) < 4.78 is 10.1. The minimum Gasteiger partial charge on any atom is -0.465 e. The highest BCUT2D eigenvalue weighted by Crippen LogP contribution is 2.28. The molecule has 0 fully saturated rings. The van der Waals surface area contributed by atoms with Gasteiger partial charge in [-0.2, -0.15) is 0 Å². The van der Waals surface area contributed by atoms with Crippen molar-refractivity contribution in [2.75, 3.05) is 13.2 Å². The molecule has 0 spiro atoms. The van der Waals surface area contributed by atoms with E-state index in [0.29, 0.717) is 18.9 Å². The lowest BCUT2D eigenvalue weighted by Crippen LogP contribution is -2.31. The summed E-state index contributed by atoms with van der Waals surface area (Å²) in [5.74, 6) is -0.652. The average molecular weight is 303 g/mol. The summed E-state index contributed by atoms with van der Waals surface area (Å²) in [6.07, 6.45) is 0. The summed E-state index contributed by atoms with van der Waals surface area (Å²) in [6, 6.07) is 7.35. The van der Waals surface area contributed by atoms with Crippen molar-refractivity contribution in [2.24, 2.45) is 0 Å². The van der Waals surface area contributed by atoms with Crippen LogP contribution in [0.25, 0.3) is 10.9 Å². The maximum atomic E-state index is 12.1. The van der Waals surface area contributed by atoms with Crippen LogP contribution in [0.1, 0.15) is 43.7 Å². The third kappa shape index (κ3) is 2.98. The van der Waals surface area contributed by atoms with Crippen molar-refractivity contribution in [3.63, 3.8) is 0 Å². The van der Waals surface area contributed by atoms with Crippen molar-refractivity contribution >= 4 is 22.8 Å². The average Bonchev–Trinajstić information content (AvgIpc) is 2.90. The summed E-state index contributed by atoms with van der Waals surface area (Å²) in [4.78, 5) is 26.9. The van der Waals surface area contributed by atoms with Crippen LogP contribution >= 0.6 is 0 Å². The zero-order valence-corrected chi connectivity index (χ0v) is 13.4. The van der Waals surface area contributed by atoms with Gasteiger partial charge in [-0.15, -0.1) is 0 Å². The van der Waals surface area contributed by atoms with Crippen LogP contribution in [-0.2, 0) is 19.7 Å². The Hall–Kier alpha value is -2.30. The van der Waals surface area contributed by atoms with E-state index in [-0.39, 0.29) is 11.9 Å². The number of fused-ring (bicyclic) bond motifs is 1. The fraction of sp³-hybridized carbons (Fsp3) is 0.412. The van der Waals surface area contributed by atoms with Crippen LogP contribution in [0.4, 0.5) is 0 Å². The standard InChI is InChI=1S/C17H21NO4/c1-5-21-15(19)14-10-11-9-12(7-8-13(11)18-14)17(3,4)16(20)22-6-2/h7-10,18H,5-6H2,1-4H3. The summed E-state index contributed by atoms with van der Waals surface area (Å²) in [5, 5.41) is 0.859. The molecule has 1 heterocycles. The van der Waals surface area contributed by atoms with Crippen molar-refractivity contribution in [1.82, 2.24) is 4.98 Å². The van der Waals surface area contributed by atoms with Crippen molar-refractivity contribution in [1.29, 1.82) is 0 Å². The molecular formula is C17H21NO4. The first kappa shape index (κ1) is 16.1. The molecule has 0 saturated carbocycles. The predicted octanol–water partition coefficient (Wildman–Crippen LogP) is 3.19. The second-order valence-electron chi connectivity index (χ2n) is 5.55. The Morgan fingerprint density at radius 2 is 1.77 bits per heavy atom. The molecule has 0 radical (unpaired) electrons. The van der Waals surface area contributed by atoms with Gasteiger partial charge in [0.05, 0.1) is 18.6 Å². The van der Waals surface area contributed by atoms with Crippen LogP contribution in [-0.4, -0.2) is 30.1 Å². The Morgan fingerprint density at radius 1 is 1.09 bits per heavy atom. The number of hydrogen-bond acceptors (Lipinski definition) is 4. The van der Waals surface area contributed by atoms with Crippen molar-refractivity contribution < 1.29 is 19.1 Å². The molecule has 1 aromatic heterocycles. The van der Waals surface area contributed by atoms with E-state index in [0.717, 1.165) is 16.5 Å². The molecular weight excluding hydrogens is 282 g/mol. The summed E-state index contributed by atoms with van der Waals surface area (Å²) in [6.45, 7) is 7.88. The molecule has 0 aliphatic heterocycles. The number of H-pyrrole nitrogens is 1. The quantitative estimate of drug-likeness (QED) is 0.861. The molecule has 5 nitrogen and oxygen atoms in total. The second-order valence-corrected chi connectivity index (χ2v) is 5.55. The van der Waals surface area contributed by atoms with Gasteiger partial charge in [0.15, 0.2) is 0 Å². The van der Waals surface area contributed by atoms with Crippen LogP contribution in [0, 0.1) is 0 Å². The maximum Gasteiger partial charge on any atom is 0.354 e. The molecule has 2 aromatic rings. The molecule has 0 bridgehead atoms. The van der Waals surface area contributed by atoms with E-state index in [1.165, 1.54) is 0 Å². The van der Waals surface area contributed by atoms with Crippen LogP contribution in [0.5, 0.6) is 0 Å². The van der Waals surface area contributed by atoms with Gasteiger partial charge in [-0.1, -0.05) is 6.07 Å². The summed E-state index contributed by atoms with van der Waals surface area (Å²) in [7, 11) is 0. The number of aromatic nitrogens is 1. The van der Waals surface area contributed by atoms with Crippen molar-refractivity contribution in [3.8, 4) is 0 Å². The Kier molecular flexibility index (Phi) is 4.54. The number of aromatic amines is 1. The van der Waals surface area contributed by atoms with Gasteiger partial charge >= 0.3 is 11.9 Å². The van der Waals surface area contributed by atoms with Gasteiger partial charge in [0.1, 0.15) is 5.69 Å². The molecule has 1 aromatic carbocycles. The van der Waals surface area contributed by atoms with E-state index in [9.17, 15) is 9.59 Å². The van der Waals surface area contributed by atoms with Crippen LogP contribution < -0.4 is 0 Å². The van der Waals surface area contributed by atoms with Crippen LogP contribution in [0.3, 0.4) is 0 Å². The Labute approximate surface area is 129 Å². The highest BCUT2D eigenvalue weighted by Gasteiger charge is 2.31. The van der Waals surface area contributed by atoms with Crippen LogP contribution in [0.2, 0.25) is 0 Å². The van der Waals surface area contributed by atoms with Gasteiger partial charge in [0.25, 0.3) is 0 Å². The van der Waals surface area contributed by atoms with Gasteiger partial charge < -0.3 is 14.5 Å². The fourth-order valence-corrected chi connectivity index (χ4v) is 2.27. The van der Waals surface area contributed by atoms with Gasteiger partial charge in [-0.05, 0) is 51.5 Å². The zero-order valence-electron chi connectivity index (χ0n) is 13.4. The lowest BCUT2D eigenvalue weighted by atomic mass is 9.84. The number of rotatable bonds is 5.